The Hall–Kier alpha value is -2.08. The highest BCUT2D eigenvalue weighted by Gasteiger charge is 1.98. The number of benzene rings is 1. The Kier molecular flexibility index (Phi) is 1.81. The number of carbonyl (C=O) groups excluding carboxylic acids is 1. The predicted molar refractivity (Wildman–Crippen MR) is 49.0 cm³/mol. The number of aromatic amines is 1. The zero-order valence-electron chi connectivity index (χ0n) is 6.74. The first-order valence-electron chi connectivity index (χ1n) is 3.79. The number of aldehydes is 1. The van der Waals surface area contributed by atoms with Crippen LogP contribution < -0.4 is 0 Å². The molecule has 13 heavy (non-hydrogen) atoms. The van der Waals surface area contributed by atoms with Crippen molar-refractivity contribution in [3.63, 3.8) is 0 Å². The molecule has 0 atom stereocenters. The molecular formula is C10H6N2O. The Bertz CT molecular complexity index is 502. The van der Waals surface area contributed by atoms with Crippen LogP contribution in [0.15, 0.2) is 24.4 Å². The molecule has 3 heteroatoms. The zero-order chi connectivity index (χ0) is 9.10. The summed E-state index contributed by atoms with van der Waals surface area (Å²) < 4.78 is 0. The van der Waals surface area contributed by atoms with Gasteiger partial charge in [-0.05, 0) is 18.1 Å². The Morgan fingerprint density at radius 2 is 2.38 bits per heavy atom. The molecule has 0 unspecified atom stereocenters. The molecule has 0 bridgehead atoms. The maximum atomic E-state index is 10.1. The summed E-state index contributed by atoms with van der Waals surface area (Å²) in [5.41, 5.74) is 1.75. The number of fused-ring (bicyclic) bond motifs is 1. The molecule has 3 nitrogen and oxygen atoms in total. The van der Waals surface area contributed by atoms with Crippen LogP contribution in [-0.2, 0) is 4.79 Å². The summed E-state index contributed by atoms with van der Waals surface area (Å²) in [6, 6.07) is 5.64. The third-order valence-corrected chi connectivity index (χ3v) is 1.75. The number of rotatable bonds is 0. The lowest BCUT2D eigenvalue weighted by Gasteiger charge is -1.90. The fourth-order valence-electron chi connectivity index (χ4n) is 1.18. The highest BCUT2D eigenvalue weighted by atomic mass is 16.1. The summed E-state index contributed by atoms with van der Waals surface area (Å²) in [4.78, 5) is 10.1. The van der Waals surface area contributed by atoms with Crippen molar-refractivity contribution in [3.05, 3.63) is 30.0 Å². The van der Waals surface area contributed by atoms with Gasteiger partial charge in [0.1, 0.15) is 0 Å². The molecule has 1 heterocycles. The van der Waals surface area contributed by atoms with Gasteiger partial charge >= 0.3 is 0 Å². The lowest BCUT2D eigenvalue weighted by atomic mass is 10.1. The van der Waals surface area contributed by atoms with E-state index in [0.29, 0.717) is 6.29 Å². The summed E-state index contributed by atoms with van der Waals surface area (Å²) in [6.07, 6.45) is 2.28. The molecular weight excluding hydrogens is 164 g/mol. The van der Waals surface area contributed by atoms with Crippen molar-refractivity contribution in [2.75, 3.05) is 0 Å². The second-order valence-corrected chi connectivity index (χ2v) is 2.52. The van der Waals surface area contributed by atoms with Gasteiger partial charge in [0.05, 0.1) is 11.7 Å². The summed E-state index contributed by atoms with van der Waals surface area (Å²) >= 11 is 0. The van der Waals surface area contributed by atoms with Crippen LogP contribution >= 0.6 is 0 Å². The van der Waals surface area contributed by atoms with Gasteiger partial charge in [0.25, 0.3) is 0 Å². The normalized spacial score (nSPS) is 9.23. The first kappa shape index (κ1) is 7.56. The molecule has 0 saturated carbocycles. The van der Waals surface area contributed by atoms with Gasteiger partial charge in [-0.3, -0.25) is 9.89 Å². The Morgan fingerprint density at radius 3 is 3.23 bits per heavy atom. The van der Waals surface area contributed by atoms with Gasteiger partial charge in [-0.25, -0.2) is 0 Å². The van der Waals surface area contributed by atoms with E-state index in [1.165, 1.54) is 0 Å². The molecule has 2 aromatic rings. The fourth-order valence-corrected chi connectivity index (χ4v) is 1.18. The van der Waals surface area contributed by atoms with Gasteiger partial charge in [0.2, 0.25) is 0 Å². The average Bonchev–Trinajstić information content (AvgIpc) is 2.62. The molecule has 0 aliphatic carbocycles. The smallest absolute Gasteiger partial charge is 0.193 e. The summed E-state index contributed by atoms with van der Waals surface area (Å²) in [6.45, 7) is 0. The number of H-pyrrole nitrogens is 1. The lowest BCUT2D eigenvalue weighted by Crippen LogP contribution is -1.75. The molecule has 2 rings (SSSR count). The Morgan fingerprint density at radius 1 is 1.46 bits per heavy atom. The zero-order valence-corrected chi connectivity index (χ0v) is 6.74. The standard InChI is InChI=1S/C10H6N2O/c13-6-2-4-8-3-1-5-10-9(8)7-11-12-10/h1,3,5-7H,(H,11,12). The minimum absolute atomic E-state index is 0.582. The second-order valence-electron chi connectivity index (χ2n) is 2.52. The number of aromatic nitrogens is 2. The first-order valence-corrected chi connectivity index (χ1v) is 3.79. The quantitative estimate of drug-likeness (QED) is 0.475. The molecule has 0 radical (unpaired) electrons. The summed E-state index contributed by atoms with van der Waals surface area (Å²) in [5.74, 6) is 5.12. The van der Waals surface area contributed by atoms with Crippen LogP contribution in [0.1, 0.15) is 5.56 Å². The number of hydrogen-bond acceptors (Lipinski definition) is 2. The molecule has 0 amide bonds. The second kappa shape index (κ2) is 3.11. The van der Waals surface area contributed by atoms with Crippen LogP contribution in [0.5, 0.6) is 0 Å². The molecule has 62 valence electrons. The molecule has 0 saturated heterocycles. The Balaban J connectivity index is 2.67. The number of hydrogen-bond donors (Lipinski definition) is 1. The van der Waals surface area contributed by atoms with Crippen LogP contribution in [0, 0.1) is 11.8 Å². The number of carbonyl (C=O) groups is 1. The molecule has 0 aliphatic rings. The van der Waals surface area contributed by atoms with E-state index in [1.807, 2.05) is 18.2 Å². The largest absolute Gasteiger partial charge is 0.289 e. The Labute approximate surface area is 74.8 Å². The highest BCUT2D eigenvalue weighted by Crippen LogP contribution is 2.14. The molecule has 1 N–H and O–H groups in total. The van der Waals surface area contributed by atoms with Crippen LogP contribution in [0.4, 0.5) is 0 Å². The van der Waals surface area contributed by atoms with Gasteiger partial charge in [0.15, 0.2) is 6.29 Å². The van der Waals surface area contributed by atoms with E-state index in [0.717, 1.165) is 16.5 Å². The van der Waals surface area contributed by atoms with E-state index in [9.17, 15) is 4.79 Å². The minimum Gasteiger partial charge on any atom is -0.289 e. The van der Waals surface area contributed by atoms with E-state index in [2.05, 4.69) is 22.0 Å². The highest BCUT2D eigenvalue weighted by molar-refractivity contribution is 5.86. The maximum Gasteiger partial charge on any atom is 0.193 e. The first-order chi connectivity index (χ1) is 6.42. The molecule has 1 aromatic carbocycles. The van der Waals surface area contributed by atoms with Crippen molar-refractivity contribution in [3.8, 4) is 11.8 Å². The third kappa shape index (κ3) is 1.30. The minimum atomic E-state index is 0.582. The lowest BCUT2D eigenvalue weighted by molar-refractivity contribution is -0.103. The molecule has 0 spiro atoms. The van der Waals surface area contributed by atoms with E-state index >= 15 is 0 Å². The molecule has 0 fully saturated rings. The van der Waals surface area contributed by atoms with Crippen LogP contribution in [-0.4, -0.2) is 16.5 Å². The predicted octanol–water partition coefficient (Wildman–Crippen LogP) is 1.11. The van der Waals surface area contributed by atoms with Crippen molar-refractivity contribution in [1.29, 1.82) is 0 Å². The monoisotopic (exact) mass is 170 g/mol. The van der Waals surface area contributed by atoms with Crippen molar-refractivity contribution >= 4 is 17.2 Å². The van der Waals surface area contributed by atoms with E-state index in [-0.39, 0.29) is 0 Å². The van der Waals surface area contributed by atoms with Crippen molar-refractivity contribution < 1.29 is 4.79 Å². The van der Waals surface area contributed by atoms with Crippen LogP contribution in [0.25, 0.3) is 10.9 Å². The van der Waals surface area contributed by atoms with Crippen molar-refractivity contribution in [1.82, 2.24) is 10.2 Å². The van der Waals surface area contributed by atoms with Crippen LogP contribution in [0.3, 0.4) is 0 Å². The van der Waals surface area contributed by atoms with Crippen LogP contribution in [0.2, 0.25) is 0 Å². The fraction of sp³-hybridized carbons (Fsp3) is 0. The van der Waals surface area contributed by atoms with E-state index in [1.54, 1.807) is 6.20 Å². The van der Waals surface area contributed by atoms with Crippen molar-refractivity contribution in [2.24, 2.45) is 0 Å². The molecule has 1 aromatic heterocycles. The van der Waals surface area contributed by atoms with E-state index in [4.69, 9.17) is 0 Å². The van der Waals surface area contributed by atoms with Gasteiger partial charge in [-0.15, -0.1) is 0 Å². The maximum absolute atomic E-state index is 10.1. The third-order valence-electron chi connectivity index (χ3n) is 1.75. The summed E-state index contributed by atoms with van der Waals surface area (Å²) in [7, 11) is 0. The average molecular weight is 170 g/mol. The van der Waals surface area contributed by atoms with Crippen molar-refractivity contribution in [2.45, 2.75) is 0 Å². The number of nitrogens with zero attached hydrogens (tertiary/aromatic N) is 1. The summed E-state index contributed by atoms with van der Waals surface area (Å²) in [5, 5.41) is 7.66. The van der Waals surface area contributed by atoms with Gasteiger partial charge in [-0.2, -0.15) is 5.10 Å². The van der Waals surface area contributed by atoms with Gasteiger partial charge < -0.3 is 0 Å². The molecule has 0 aliphatic heterocycles. The van der Waals surface area contributed by atoms with Gasteiger partial charge in [0, 0.05) is 10.9 Å². The van der Waals surface area contributed by atoms with Gasteiger partial charge in [-0.1, -0.05) is 12.0 Å². The SMILES string of the molecule is O=CC#Cc1cccc2[nH]ncc12. The topological polar surface area (TPSA) is 45.8 Å². The number of nitrogens with one attached hydrogen (secondary N) is 1. The van der Waals surface area contributed by atoms with E-state index < -0.39 is 0 Å².